The zero-order valence-electron chi connectivity index (χ0n) is 10.0. The lowest BCUT2D eigenvalue weighted by molar-refractivity contribution is 0.0883. The molecule has 1 aliphatic rings. The lowest BCUT2D eigenvalue weighted by Crippen LogP contribution is -2.47. The molecular weight excluding hydrogens is 236 g/mol. The number of hydrogen-bond acceptors (Lipinski definition) is 2. The van der Waals surface area contributed by atoms with Gasteiger partial charge in [0.25, 0.3) is 5.91 Å². The van der Waals surface area contributed by atoms with E-state index in [2.05, 4.69) is 17.2 Å². The molecule has 0 bridgehead atoms. The SMILES string of the molecule is CC1(NC(=O)c2ccncc2Cl)CCCCC1. The van der Waals surface area contributed by atoms with Gasteiger partial charge in [-0.1, -0.05) is 30.9 Å². The second-order valence-electron chi connectivity index (χ2n) is 4.93. The van der Waals surface area contributed by atoms with E-state index in [0.717, 1.165) is 12.8 Å². The molecule has 0 radical (unpaired) electrons. The quantitative estimate of drug-likeness (QED) is 0.878. The standard InChI is InChI=1S/C13H17ClN2O/c1-13(6-3-2-4-7-13)16-12(17)10-5-8-15-9-11(10)14/h5,8-9H,2-4,6-7H2,1H3,(H,16,17). The van der Waals surface area contributed by atoms with Crippen molar-refractivity contribution >= 4 is 17.5 Å². The van der Waals surface area contributed by atoms with Crippen molar-refractivity contribution in [3.05, 3.63) is 29.0 Å². The van der Waals surface area contributed by atoms with Gasteiger partial charge < -0.3 is 5.32 Å². The summed E-state index contributed by atoms with van der Waals surface area (Å²) in [6.07, 6.45) is 8.80. The lowest BCUT2D eigenvalue weighted by Gasteiger charge is -2.34. The van der Waals surface area contributed by atoms with Crippen LogP contribution in [-0.2, 0) is 0 Å². The Kier molecular flexibility index (Phi) is 3.67. The van der Waals surface area contributed by atoms with Crippen LogP contribution in [-0.4, -0.2) is 16.4 Å². The molecule has 1 aromatic heterocycles. The van der Waals surface area contributed by atoms with Crippen LogP contribution < -0.4 is 5.32 Å². The molecule has 1 aliphatic carbocycles. The van der Waals surface area contributed by atoms with Crippen molar-refractivity contribution in [2.24, 2.45) is 0 Å². The molecule has 3 nitrogen and oxygen atoms in total. The van der Waals surface area contributed by atoms with Crippen LogP contribution >= 0.6 is 11.6 Å². The van der Waals surface area contributed by atoms with Crippen LogP contribution in [0.2, 0.25) is 5.02 Å². The Morgan fingerprint density at radius 3 is 2.76 bits per heavy atom. The first-order chi connectivity index (χ1) is 8.11. The zero-order valence-corrected chi connectivity index (χ0v) is 10.8. The number of aromatic nitrogens is 1. The lowest BCUT2D eigenvalue weighted by atomic mass is 9.83. The van der Waals surface area contributed by atoms with Gasteiger partial charge in [-0.3, -0.25) is 9.78 Å². The highest BCUT2D eigenvalue weighted by Gasteiger charge is 2.29. The fourth-order valence-electron chi connectivity index (χ4n) is 2.36. The molecule has 17 heavy (non-hydrogen) atoms. The molecule has 1 saturated carbocycles. The van der Waals surface area contributed by atoms with E-state index in [9.17, 15) is 4.79 Å². The summed E-state index contributed by atoms with van der Waals surface area (Å²) in [4.78, 5) is 16.0. The van der Waals surface area contributed by atoms with Crippen molar-refractivity contribution < 1.29 is 4.79 Å². The summed E-state index contributed by atoms with van der Waals surface area (Å²) >= 11 is 5.96. The number of carbonyl (C=O) groups is 1. The molecule has 0 aliphatic heterocycles. The van der Waals surface area contributed by atoms with Crippen LogP contribution in [0.4, 0.5) is 0 Å². The Morgan fingerprint density at radius 1 is 1.41 bits per heavy atom. The predicted octanol–water partition coefficient (Wildman–Crippen LogP) is 3.19. The highest BCUT2D eigenvalue weighted by atomic mass is 35.5. The minimum atomic E-state index is -0.0956. The number of pyridine rings is 1. The number of nitrogens with zero attached hydrogens (tertiary/aromatic N) is 1. The van der Waals surface area contributed by atoms with Crippen LogP contribution in [0, 0.1) is 0 Å². The molecule has 0 saturated heterocycles. The first kappa shape index (κ1) is 12.4. The summed E-state index contributed by atoms with van der Waals surface area (Å²) in [7, 11) is 0. The molecule has 1 amide bonds. The van der Waals surface area contributed by atoms with E-state index < -0.39 is 0 Å². The van der Waals surface area contributed by atoms with Crippen molar-refractivity contribution in [3.8, 4) is 0 Å². The Labute approximate surface area is 107 Å². The highest BCUT2D eigenvalue weighted by Crippen LogP contribution is 2.28. The maximum atomic E-state index is 12.1. The highest BCUT2D eigenvalue weighted by molar-refractivity contribution is 6.33. The van der Waals surface area contributed by atoms with Gasteiger partial charge >= 0.3 is 0 Å². The van der Waals surface area contributed by atoms with E-state index in [1.807, 2.05) is 0 Å². The van der Waals surface area contributed by atoms with Crippen LogP contribution in [0.3, 0.4) is 0 Å². The topological polar surface area (TPSA) is 42.0 Å². The summed E-state index contributed by atoms with van der Waals surface area (Å²) in [6.45, 7) is 2.11. The number of carbonyl (C=O) groups excluding carboxylic acids is 1. The van der Waals surface area contributed by atoms with Gasteiger partial charge in [0, 0.05) is 17.9 Å². The zero-order chi connectivity index (χ0) is 12.3. The molecule has 2 rings (SSSR count). The molecule has 92 valence electrons. The summed E-state index contributed by atoms with van der Waals surface area (Å²) in [5, 5.41) is 3.51. The van der Waals surface area contributed by atoms with Gasteiger partial charge in [-0.2, -0.15) is 0 Å². The molecule has 1 heterocycles. The van der Waals surface area contributed by atoms with Crippen LogP contribution in [0.15, 0.2) is 18.5 Å². The van der Waals surface area contributed by atoms with Gasteiger partial charge in [0.1, 0.15) is 0 Å². The maximum Gasteiger partial charge on any atom is 0.253 e. The molecule has 0 aromatic carbocycles. The minimum Gasteiger partial charge on any atom is -0.347 e. The molecule has 0 unspecified atom stereocenters. The third-order valence-corrected chi connectivity index (χ3v) is 3.69. The molecule has 0 atom stereocenters. The second kappa shape index (κ2) is 5.05. The summed E-state index contributed by atoms with van der Waals surface area (Å²) < 4.78 is 0. The van der Waals surface area contributed by atoms with E-state index >= 15 is 0 Å². The Morgan fingerprint density at radius 2 is 2.12 bits per heavy atom. The summed E-state index contributed by atoms with van der Waals surface area (Å²) in [5.41, 5.74) is 0.426. The van der Waals surface area contributed by atoms with Crippen molar-refractivity contribution in [2.45, 2.75) is 44.6 Å². The predicted molar refractivity (Wildman–Crippen MR) is 68.2 cm³/mol. The molecule has 1 N–H and O–H groups in total. The smallest absolute Gasteiger partial charge is 0.253 e. The number of nitrogens with one attached hydrogen (secondary N) is 1. The fourth-order valence-corrected chi connectivity index (χ4v) is 2.56. The Bertz CT molecular complexity index is 414. The normalized spacial score (nSPS) is 18.7. The summed E-state index contributed by atoms with van der Waals surface area (Å²) in [5.74, 6) is -0.0956. The van der Waals surface area contributed by atoms with Gasteiger partial charge in [-0.05, 0) is 25.8 Å². The Hall–Kier alpha value is -1.09. The average molecular weight is 253 g/mol. The van der Waals surface area contributed by atoms with Gasteiger partial charge in [0.15, 0.2) is 0 Å². The van der Waals surface area contributed by atoms with Crippen molar-refractivity contribution in [1.82, 2.24) is 10.3 Å². The van der Waals surface area contributed by atoms with Crippen LogP contribution in [0.1, 0.15) is 49.4 Å². The van der Waals surface area contributed by atoms with Crippen molar-refractivity contribution in [1.29, 1.82) is 0 Å². The van der Waals surface area contributed by atoms with Crippen LogP contribution in [0.25, 0.3) is 0 Å². The first-order valence-corrected chi connectivity index (χ1v) is 6.41. The average Bonchev–Trinajstić information content (AvgIpc) is 2.29. The maximum absolute atomic E-state index is 12.1. The van der Waals surface area contributed by atoms with E-state index in [1.54, 1.807) is 12.3 Å². The molecular formula is C13H17ClN2O. The van der Waals surface area contributed by atoms with Crippen molar-refractivity contribution in [2.75, 3.05) is 0 Å². The number of rotatable bonds is 2. The van der Waals surface area contributed by atoms with Crippen molar-refractivity contribution in [3.63, 3.8) is 0 Å². The summed E-state index contributed by atoms with van der Waals surface area (Å²) in [6, 6.07) is 1.66. The first-order valence-electron chi connectivity index (χ1n) is 6.03. The van der Waals surface area contributed by atoms with Crippen LogP contribution in [0.5, 0.6) is 0 Å². The van der Waals surface area contributed by atoms with E-state index in [-0.39, 0.29) is 11.4 Å². The van der Waals surface area contributed by atoms with E-state index in [1.165, 1.54) is 25.5 Å². The number of hydrogen-bond donors (Lipinski definition) is 1. The van der Waals surface area contributed by atoms with Gasteiger partial charge in [-0.15, -0.1) is 0 Å². The number of halogens is 1. The van der Waals surface area contributed by atoms with E-state index in [4.69, 9.17) is 11.6 Å². The fraction of sp³-hybridized carbons (Fsp3) is 0.538. The Balaban J connectivity index is 2.09. The second-order valence-corrected chi connectivity index (χ2v) is 5.34. The van der Waals surface area contributed by atoms with E-state index in [0.29, 0.717) is 10.6 Å². The molecule has 4 heteroatoms. The van der Waals surface area contributed by atoms with Gasteiger partial charge in [0.05, 0.1) is 10.6 Å². The largest absolute Gasteiger partial charge is 0.347 e. The monoisotopic (exact) mass is 252 g/mol. The third-order valence-electron chi connectivity index (χ3n) is 3.39. The van der Waals surface area contributed by atoms with Gasteiger partial charge in [-0.25, -0.2) is 0 Å². The molecule has 1 aromatic rings. The third kappa shape index (κ3) is 2.97. The minimum absolute atomic E-state index is 0.0814. The number of amides is 1. The molecule has 1 fully saturated rings. The van der Waals surface area contributed by atoms with Gasteiger partial charge in [0.2, 0.25) is 0 Å². The molecule has 0 spiro atoms.